The van der Waals surface area contributed by atoms with E-state index in [9.17, 15) is 43.2 Å². The van der Waals surface area contributed by atoms with Gasteiger partial charge in [0.15, 0.2) is 12.2 Å². The number of carbonyl (C=O) groups is 4. The molecule has 0 bridgehead atoms. The Morgan fingerprint density at radius 1 is 0.292 bits per heavy atom. The number of ether oxygens (including phenoxy) is 4. The maximum absolute atomic E-state index is 13.1. The van der Waals surface area contributed by atoms with Crippen molar-refractivity contribution in [2.45, 2.75) is 425 Å². The molecule has 0 aromatic rings. The fourth-order valence-electron chi connectivity index (χ4n) is 11.8. The van der Waals surface area contributed by atoms with Crippen LogP contribution in [0.3, 0.4) is 0 Å². The van der Waals surface area contributed by atoms with Crippen molar-refractivity contribution in [1.82, 2.24) is 0 Å². The van der Waals surface area contributed by atoms with Gasteiger partial charge < -0.3 is 33.8 Å². The quantitative estimate of drug-likeness (QED) is 0.0222. The minimum absolute atomic E-state index is 0.107. The molecule has 0 saturated heterocycles. The number of aliphatic hydroxyl groups excluding tert-OH is 1. The van der Waals surface area contributed by atoms with E-state index in [-0.39, 0.29) is 25.7 Å². The van der Waals surface area contributed by atoms with E-state index >= 15 is 0 Å². The van der Waals surface area contributed by atoms with Crippen LogP contribution in [-0.4, -0.2) is 96.7 Å². The Labute approximate surface area is 588 Å². The van der Waals surface area contributed by atoms with Crippen LogP contribution in [0.4, 0.5) is 0 Å². The Kier molecular flexibility index (Phi) is 68.7. The molecule has 0 aliphatic heterocycles. The van der Waals surface area contributed by atoms with Crippen molar-refractivity contribution < 1.29 is 80.2 Å². The normalized spacial score (nSPS) is 14.2. The van der Waals surface area contributed by atoms with Crippen LogP contribution in [0.2, 0.25) is 0 Å². The predicted molar refractivity (Wildman–Crippen MR) is 391 cm³/mol. The van der Waals surface area contributed by atoms with Crippen molar-refractivity contribution in [3.63, 3.8) is 0 Å². The second kappa shape index (κ2) is 70.1. The summed E-state index contributed by atoms with van der Waals surface area (Å²) in [5.74, 6) is -1.31. The van der Waals surface area contributed by atoms with Crippen LogP contribution < -0.4 is 0 Å². The minimum atomic E-state index is -4.96. The highest BCUT2D eigenvalue weighted by Gasteiger charge is 2.30. The molecule has 0 aliphatic carbocycles. The van der Waals surface area contributed by atoms with Crippen LogP contribution >= 0.6 is 15.6 Å². The van der Waals surface area contributed by atoms with Crippen LogP contribution in [0.25, 0.3) is 0 Å². The number of unbranched alkanes of at least 4 members (excludes halogenated alkanes) is 48. The number of aliphatic hydroxyl groups is 1. The zero-order valence-electron chi connectivity index (χ0n) is 62.5. The third kappa shape index (κ3) is 69.2. The SMILES string of the molecule is CCCCCCCCCCCCCCCCCCC(=O)O[C@H](COC(=O)CCCCCCCCCCCCCCCCC)COP(=O)(O)OC[C@@H](O)COP(=O)(O)OC[C@@H](COC(=O)CCCCCCCCCCCCC)OC(=O)CCCCCCCCCCCCC(C)CC. The highest BCUT2D eigenvalue weighted by atomic mass is 31.2. The van der Waals surface area contributed by atoms with E-state index in [4.69, 9.17) is 37.0 Å². The van der Waals surface area contributed by atoms with E-state index in [2.05, 4.69) is 34.6 Å². The van der Waals surface area contributed by atoms with Gasteiger partial charge in [0.2, 0.25) is 0 Å². The van der Waals surface area contributed by atoms with Crippen molar-refractivity contribution >= 4 is 39.5 Å². The van der Waals surface area contributed by atoms with Crippen molar-refractivity contribution in [2.24, 2.45) is 5.92 Å². The standard InChI is InChI=1S/C77H150O17P2/c1-6-10-13-16-19-22-25-27-29-31-33-36-42-47-52-57-62-76(81)93-72(67-88-75(80)61-56-51-46-41-35-32-30-28-26-23-20-17-14-11-7-2)68-91-95(83,84)89-64-71(78)65-90-96(85,86)92-69-73(66-87-74(79)60-55-50-45-40-34-24-21-18-15-12-8-3)94-77(82)63-58-53-48-43-38-37-39-44-49-54-59-70(5)9-4/h70-73,78H,6-69H2,1-5H3,(H,83,84)(H,85,86)/t70?,71-,72-,73-/m1/s1. The molecule has 570 valence electrons. The van der Waals surface area contributed by atoms with Crippen LogP contribution in [0.1, 0.15) is 407 Å². The van der Waals surface area contributed by atoms with Gasteiger partial charge in [-0.2, -0.15) is 0 Å². The molecule has 0 aliphatic rings. The van der Waals surface area contributed by atoms with Gasteiger partial charge in [-0.15, -0.1) is 0 Å². The van der Waals surface area contributed by atoms with Crippen LogP contribution in [0, 0.1) is 5.92 Å². The first-order valence-electron chi connectivity index (χ1n) is 40.2. The molecule has 0 aromatic carbocycles. The first-order valence-corrected chi connectivity index (χ1v) is 43.2. The number of rotatable bonds is 77. The van der Waals surface area contributed by atoms with E-state index < -0.39 is 97.5 Å². The van der Waals surface area contributed by atoms with Crippen LogP contribution in [0.5, 0.6) is 0 Å². The molecule has 0 saturated carbocycles. The third-order valence-corrected chi connectivity index (χ3v) is 20.3. The molecule has 0 heterocycles. The van der Waals surface area contributed by atoms with Gasteiger partial charge in [-0.1, -0.05) is 356 Å². The van der Waals surface area contributed by atoms with Gasteiger partial charge in [0.25, 0.3) is 0 Å². The van der Waals surface area contributed by atoms with Crippen LogP contribution in [-0.2, 0) is 65.4 Å². The molecule has 17 nitrogen and oxygen atoms in total. The lowest BCUT2D eigenvalue weighted by Gasteiger charge is -2.21. The molecule has 0 spiro atoms. The summed E-state index contributed by atoms with van der Waals surface area (Å²) in [4.78, 5) is 72.9. The van der Waals surface area contributed by atoms with Crippen molar-refractivity contribution in [3.8, 4) is 0 Å². The first kappa shape index (κ1) is 94.1. The Morgan fingerprint density at radius 2 is 0.500 bits per heavy atom. The molecule has 0 fully saturated rings. The average molecular weight is 1410 g/mol. The van der Waals surface area contributed by atoms with Crippen LogP contribution in [0.15, 0.2) is 0 Å². The number of carbonyl (C=O) groups excluding carboxylic acids is 4. The monoisotopic (exact) mass is 1410 g/mol. The van der Waals surface area contributed by atoms with E-state index in [0.717, 1.165) is 95.8 Å². The fraction of sp³-hybridized carbons (Fsp3) is 0.948. The molecular formula is C77H150O17P2. The minimum Gasteiger partial charge on any atom is -0.462 e. The van der Waals surface area contributed by atoms with Gasteiger partial charge in [-0.05, 0) is 31.6 Å². The lowest BCUT2D eigenvalue weighted by Crippen LogP contribution is -2.30. The number of phosphoric acid groups is 2. The van der Waals surface area contributed by atoms with Gasteiger partial charge in [-0.25, -0.2) is 9.13 Å². The Hall–Kier alpha value is -1.94. The van der Waals surface area contributed by atoms with Crippen molar-refractivity contribution in [1.29, 1.82) is 0 Å². The summed E-state index contributed by atoms with van der Waals surface area (Å²) >= 11 is 0. The molecule has 3 N–H and O–H groups in total. The molecule has 96 heavy (non-hydrogen) atoms. The first-order chi connectivity index (χ1) is 46.6. The maximum atomic E-state index is 13.1. The van der Waals surface area contributed by atoms with Gasteiger partial charge in [0.1, 0.15) is 19.3 Å². The summed E-state index contributed by atoms with van der Waals surface area (Å²) in [5.41, 5.74) is 0. The van der Waals surface area contributed by atoms with Crippen molar-refractivity contribution in [2.75, 3.05) is 39.6 Å². The Morgan fingerprint density at radius 3 is 0.740 bits per heavy atom. The molecule has 3 unspecified atom stereocenters. The van der Waals surface area contributed by atoms with Gasteiger partial charge in [0, 0.05) is 25.7 Å². The van der Waals surface area contributed by atoms with E-state index in [1.54, 1.807) is 0 Å². The van der Waals surface area contributed by atoms with Crippen molar-refractivity contribution in [3.05, 3.63) is 0 Å². The zero-order valence-corrected chi connectivity index (χ0v) is 64.3. The summed E-state index contributed by atoms with van der Waals surface area (Å²) in [6, 6.07) is 0. The topological polar surface area (TPSA) is 237 Å². The van der Waals surface area contributed by atoms with Gasteiger partial charge >= 0.3 is 39.5 Å². The van der Waals surface area contributed by atoms with Gasteiger partial charge in [0.05, 0.1) is 26.4 Å². The summed E-state index contributed by atoms with van der Waals surface area (Å²) in [5, 5.41) is 10.6. The fourth-order valence-corrected chi connectivity index (χ4v) is 13.4. The number of esters is 4. The molecule has 0 radical (unpaired) electrons. The predicted octanol–water partition coefficient (Wildman–Crippen LogP) is 22.9. The van der Waals surface area contributed by atoms with Gasteiger partial charge in [-0.3, -0.25) is 37.3 Å². The smallest absolute Gasteiger partial charge is 0.462 e. The molecule has 0 rings (SSSR count). The lowest BCUT2D eigenvalue weighted by molar-refractivity contribution is -0.161. The lowest BCUT2D eigenvalue weighted by atomic mass is 9.99. The van der Waals surface area contributed by atoms with E-state index in [1.165, 1.54) is 231 Å². The summed E-state index contributed by atoms with van der Waals surface area (Å²) in [7, 11) is -9.91. The van der Waals surface area contributed by atoms with E-state index in [1.807, 2.05) is 0 Å². The Bertz CT molecular complexity index is 1840. The highest BCUT2D eigenvalue weighted by molar-refractivity contribution is 7.47. The third-order valence-electron chi connectivity index (χ3n) is 18.4. The number of hydrogen-bond acceptors (Lipinski definition) is 15. The molecule has 0 amide bonds. The zero-order chi connectivity index (χ0) is 70.5. The molecule has 19 heteroatoms. The average Bonchev–Trinajstić information content (AvgIpc) is 1.43. The molecular weight excluding hydrogens is 1260 g/mol. The maximum Gasteiger partial charge on any atom is 0.472 e. The Balaban J connectivity index is 5.26. The molecule has 6 atom stereocenters. The summed E-state index contributed by atoms with van der Waals surface area (Å²) in [6.45, 7) is 7.33. The van der Waals surface area contributed by atoms with E-state index in [0.29, 0.717) is 25.7 Å². The number of hydrogen-bond donors (Lipinski definition) is 3. The second-order valence-corrected chi connectivity index (χ2v) is 30.9. The number of phosphoric ester groups is 2. The highest BCUT2D eigenvalue weighted by Crippen LogP contribution is 2.45. The summed E-state index contributed by atoms with van der Waals surface area (Å²) < 4.78 is 68.6. The molecule has 0 aromatic heterocycles. The second-order valence-electron chi connectivity index (χ2n) is 28.0. The largest absolute Gasteiger partial charge is 0.472 e. The summed E-state index contributed by atoms with van der Waals surface area (Å²) in [6.07, 6.45) is 59.4.